The van der Waals surface area contributed by atoms with Crippen molar-refractivity contribution in [3.05, 3.63) is 35.4 Å². The van der Waals surface area contributed by atoms with Gasteiger partial charge in [0.25, 0.3) is 0 Å². The first-order valence-corrected chi connectivity index (χ1v) is 7.93. The number of rotatable bonds is 5. The van der Waals surface area contributed by atoms with Crippen LogP contribution in [0.4, 0.5) is 13.2 Å². The maximum absolute atomic E-state index is 12.5. The van der Waals surface area contributed by atoms with Crippen LogP contribution >= 0.6 is 0 Å². The topological polar surface area (TPSA) is 89.3 Å². The monoisotopic (exact) mass is 356 g/mol. The lowest BCUT2D eigenvalue weighted by atomic mass is 9.83. The van der Waals surface area contributed by atoms with E-state index in [-0.39, 0.29) is 24.5 Å². The van der Waals surface area contributed by atoms with Crippen molar-refractivity contribution in [2.75, 3.05) is 0 Å². The summed E-state index contributed by atoms with van der Waals surface area (Å²) in [6.07, 6.45) is -2.72. The minimum absolute atomic E-state index is 0.0273. The molecule has 8 heteroatoms. The summed E-state index contributed by atoms with van der Waals surface area (Å²) >= 11 is 0. The average Bonchev–Trinajstić information content (AvgIpc) is 2.52. The highest BCUT2D eigenvalue weighted by molar-refractivity contribution is 5.89. The minimum Gasteiger partial charge on any atom is -0.368 e. The summed E-state index contributed by atoms with van der Waals surface area (Å²) in [7, 11) is 0. The molecular formula is C17H19F3N2O3. The molecule has 1 saturated carbocycles. The molecule has 2 rings (SSSR count). The molecule has 2 atom stereocenters. The molecule has 0 radical (unpaired) electrons. The van der Waals surface area contributed by atoms with E-state index in [1.54, 1.807) is 0 Å². The molecule has 3 N–H and O–H groups in total. The number of amides is 2. The molecule has 0 spiro atoms. The molecule has 1 aliphatic carbocycles. The predicted molar refractivity (Wildman–Crippen MR) is 83.2 cm³/mol. The number of halogens is 3. The third kappa shape index (κ3) is 5.30. The van der Waals surface area contributed by atoms with Gasteiger partial charge in [-0.2, -0.15) is 13.2 Å². The number of carbonyl (C=O) groups excluding carboxylic acids is 3. The van der Waals surface area contributed by atoms with Crippen LogP contribution < -0.4 is 11.1 Å². The van der Waals surface area contributed by atoms with Gasteiger partial charge in [-0.1, -0.05) is 12.1 Å². The van der Waals surface area contributed by atoms with Crippen molar-refractivity contribution in [3.63, 3.8) is 0 Å². The van der Waals surface area contributed by atoms with Gasteiger partial charge in [0, 0.05) is 12.8 Å². The first-order chi connectivity index (χ1) is 11.7. The van der Waals surface area contributed by atoms with Gasteiger partial charge in [-0.15, -0.1) is 0 Å². The van der Waals surface area contributed by atoms with E-state index in [2.05, 4.69) is 5.32 Å². The van der Waals surface area contributed by atoms with E-state index in [1.807, 2.05) is 0 Å². The summed E-state index contributed by atoms with van der Waals surface area (Å²) in [5, 5.41) is 2.51. The van der Waals surface area contributed by atoms with E-state index >= 15 is 0 Å². The second-order valence-electron chi connectivity index (χ2n) is 6.21. The van der Waals surface area contributed by atoms with E-state index in [1.165, 1.54) is 12.1 Å². The molecule has 1 aromatic rings. The number of Topliss-reactive ketones (excluding diaryl/α,β-unsaturated/α-hetero) is 1. The van der Waals surface area contributed by atoms with Crippen molar-refractivity contribution in [2.45, 2.75) is 44.3 Å². The van der Waals surface area contributed by atoms with E-state index in [4.69, 9.17) is 5.73 Å². The van der Waals surface area contributed by atoms with Gasteiger partial charge in [0.2, 0.25) is 11.8 Å². The number of hydrogen-bond acceptors (Lipinski definition) is 3. The van der Waals surface area contributed by atoms with E-state index in [0.717, 1.165) is 12.1 Å². The Morgan fingerprint density at radius 2 is 1.88 bits per heavy atom. The van der Waals surface area contributed by atoms with Gasteiger partial charge < -0.3 is 11.1 Å². The average molecular weight is 356 g/mol. The fourth-order valence-electron chi connectivity index (χ4n) is 2.99. The molecule has 2 amide bonds. The van der Waals surface area contributed by atoms with Gasteiger partial charge in [0.05, 0.1) is 12.0 Å². The lowest BCUT2D eigenvalue weighted by Gasteiger charge is -2.28. The minimum atomic E-state index is -4.44. The quantitative estimate of drug-likeness (QED) is 0.845. The summed E-state index contributed by atoms with van der Waals surface area (Å²) in [5.74, 6) is -1.56. The molecule has 0 saturated heterocycles. The summed E-state index contributed by atoms with van der Waals surface area (Å²) < 4.78 is 37.6. The normalized spacial score (nSPS) is 19.3. The highest BCUT2D eigenvalue weighted by Crippen LogP contribution is 2.29. The molecule has 1 aromatic carbocycles. The van der Waals surface area contributed by atoms with Gasteiger partial charge in [0.15, 0.2) is 0 Å². The van der Waals surface area contributed by atoms with Crippen LogP contribution in [0, 0.1) is 5.92 Å². The van der Waals surface area contributed by atoms with Crippen LogP contribution in [-0.4, -0.2) is 23.6 Å². The predicted octanol–water partition coefficient (Wildman–Crippen LogP) is 1.98. The Morgan fingerprint density at radius 3 is 2.40 bits per heavy atom. The van der Waals surface area contributed by atoms with Crippen molar-refractivity contribution in [3.8, 4) is 0 Å². The summed E-state index contributed by atoms with van der Waals surface area (Å²) in [5.41, 5.74) is 4.92. The Morgan fingerprint density at radius 1 is 1.24 bits per heavy atom. The van der Waals surface area contributed by atoms with Crippen molar-refractivity contribution >= 4 is 17.6 Å². The smallest absolute Gasteiger partial charge is 0.368 e. The van der Waals surface area contributed by atoms with E-state index < -0.39 is 29.6 Å². The highest BCUT2D eigenvalue weighted by Gasteiger charge is 2.32. The number of alkyl halides is 3. The number of carbonyl (C=O) groups is 3. The molecule has 0 heterocycles. The Bertz CT molecular complexity index is 656. The third-order valence-electron chi connectivity index (χ3n) is 4.26. The second kappa shape index (κ2) is 7.67. The molecule has 25 heavy (non-hydrogen) atoms. The van der Waals surface area contributed by atoms with Crippen LogP contribution in [0.3, 0.4) is 0 Å². The summed E-state index contributed by atoms with van der Waals surface area (Å²) in [6.45, 7) is 0. The maximum Gasteiger partial charge on any atom is 0.416 e. The second-order valence-corrected chi connectivity index (χ2v) is 6.21. The SMILES string of the molecule is NC(=O)[C@H](NC(=O)Cc1ccc(C(F)(F)F)cc1)[C@H]1CCCC(=O)C1. The fourth-order valence-corrected chi connectivity index (χ4v) is 2.99. The van der Waals surface area contributed by atoms with Crippen molar-refractivity contribution in [1.82, 2.24) is 5.32 Å². The molecule has 5 nitrogen and oxygen atoms in total. The fraction of sp³-hybridized carbons (Fsp3) is 0.471. The van der Waals surface area contributed by atoms with Gasteiger partial charge >= 0.3 is 6.18 Å². The Labute approximate surface area is 142 Å². The van der Waals surface area contributed by atoms with Crippen LogP contribution in [0.2, 0.25) is 0 Å². The molecule has 0 bridgehead atoms. The van der Waals surface area contributed by atoms with Gasteiger partial charge in [-0.05, 0) is 36.5 Å². The zero-order valence-corrected chi connectivity index (χ0v) is 13.4. The van der Waals surface area contributed by atoms with Gasteiger partial charge in [-0.25, -0.2) is 0 Å². The van der Waals surface area contributed by atoms with Crippen LogP contribution in [-0.2, 0) is 27.0 Å². The number of nitrogens with one attached hydrogen (secondary N) is 1. The molecule has 0 aromatic heterocycles. The number of primary amides is 1. The van der Waals surface area contributed by atoms with Crippen molar-refractivity contribution < 1.29 is 27.6 Å². The number of hydrogen-bond donors (Lipinski definition) is 2. The summed E-state index contributed by atoms with van der Waals surface area (Å²) in [4.78, 5) is 35.3. The van der Waals surface area contributed by atoms with Gasteiger partial charge in [0.1, 0.15) is 11.8 Å². The zero-order chi connectivity index (χ0) is 18.6. The van der Waals surface area contributed by atoms with E-state index in [0.29, 0.717) is 24.8 Å². The van der Waals surface area contributed by atoms with Crippen LogP contribution in [0.1, 0.15) is 36.8 Å². The molecule has 0 aliphatic heterocycles. The number of nitrogens with two attached hydrogens (primary N) is 1. The molecule has 1 aliphatic rings. The number of ketones is 1. The van der Waals surface area contributed by atoms with Gasteiger partial charge in [-0.3, -0.25) is 14.4 Å². The largest absolute Gasteiger partial charge is 0.416 e. The van der Waals surface area contributed by atoms with E-state index in [9.17, 15) is 27.6 Å². The molecular weight excluding hydrogens is 337 g/mol. The van der Waals surface area contributed by atoms with Crippen molar-refractivity contribution in [1.29, 1.82) is 0 Å². The number of benzene rings is 1. The Kier molecular flexibility index (Phi) is 5.81. The van der Waals surface area contributed by atoms with Crippen molar-refractivity contribution in [2.24, 2.45) is 11.7 Å². The first-order valence-electron chi connectivity index (χ1n) is 7.93. The van der Waals surface area contributed by atoms with Crippen LogP contribution in [0.25, 0.3) is 0 Å². The molecule has 1 fully saturated rings. The molecule has 0 unspecified atom stereocenters. The Hall–Kier alpha value is -2.38. The lowest BCUT2D eigenvalue weighted by Crippen LogP contribution is -2.50. The zero-order valence-electron chi connectivity index (χ0n) is 13.4. The highest BCUT2D eigenvalue weighted by atomic mass is 19.4. The molecule has 136 valence electrons. The third-order valence-corrected chi connectivity index (χ3v) is 4.26. The summed E-state index contributed by atoms with van der Waals surface area (Å²) in [6, 6.07) is 3.27. The van der Waals surface area contributed by atoms with Crippen LogP contribution in [0.5, 0.6) is 0 Å². The Balaban J connectivity index is 1.99. The maximum atomic E-state index is 12.5. The van der Waals surface area contributed by atoms with Crippen LogP contribution in [0.15, 0.2) is 24.3 Å². The first kappa shape index (κ1) is 19.0. The standard InChI is InChI=1S/C17H19F3N2O3/c18-17(19,20)12-6-4-10(5-7-12)8-14(24)22-15(16(21)25)11-2-1-3-13(23)9-11/h4-7,11,15H,1-3,8-9H2,(H2,21,25)(H,22,24)/t11-,15+/m0/s1. The lowest BCUT2D eigenvalue weighted by molar-refractivity contribution is -0.137.